The topological polar surface area (TPSA) is 145 Å². The van der Waals surface area contributed by atoms with E-state index in [1.807, 2.05) is 0 Å². The van der Waals surface area contributed by atoms with Crippen molar-refractivity contribution in [1.29, 1.82) is 0 Å². The summed E-state index contributed by atoms with van der Waals surface area (Å²) in [4.78, 5) is 22.0. The molecule has 0 aliphatic rings. The van der Waals surface area contributed by atoms with Gasteiger partial charge in [0, 0.05) is 17.7 Å². The maximum absolute atomic E-state index is 11.9. The lowest BCUT2D eigenvalue weighted by molar-refractivity contribution is -0.384. The number of amides is 1. The molecular formula is C15H13N3O6. The van der Waals surface area contributed by atoms with Crippen molar-refractivity contribution < 1.29 is 25.0 Å². The summed E-state index contributed by atoms with van der Waals surface area (Å²) in [5, 5.41) is 38.6. The molecule has 0 bridgehead atoms. The van der Waals surface area contributed by atoms with Crippen LogP contribution in [0.3, 0.4) is 0 Å². The summed E-state index contributed by atoms with van der Waals surface area (Å²) in [6.45, 7) is 3.68. The standard InChI is InChI=1S/C15H13N3O6/c1-8(9-2-4-11(5-3-9)18(23)24)16-17-15(22)10-6-12(19)14(21)13(20)7-10/h2-7,16,19-21H,1H2,(H,17,22). The molecule has 0 unspecified atom stereocenters. The first kappa shape index (κ1) is 16.6. The zero-order chi connectivity index (χ0) is 17.9. The Morgan fingerprint density at radius 2 is 1.54 bits per heavy atom. The van der Waals surface area contributed by atoms with Crippen LogP contribution in [0, 0.1) is 10.1 Å². The van der Waals surface area contributed by atoms with Gasteiger partial charge in [-0.3, -0.25) is 25.8 Å². The molecule has 2 rings (SSSR count). The molecule has 0 heterocycles. The zero-order valence-electron chi connectivity index (χ0n) is 12.2. The SMILES string of the molecule is C=C(NNC(=O)c1cc(O)c(O)c(O)c1)c1ccc([N+](=O)[O-])cc1. The molecule has 0 saturated carbocycles. The van der Waals surface area contributed by atoms with Crippen LogP contribution in [0.4, 0.5) is 5.69 Å². The van der Waals surface area contributed by atoms with E-state index in [0.717, 1.165) is 12.1 Å². The number of nitrogens with zero attached hydrogens (tertiary/aromatic N) is 1. The fourth-order valence-corrected chi connectivity index (χ4v) is 1.80. The minimum atomic E-state index is -0.727. The average Bonchev–Trinajstić information content (AvgIpc) is 2.56. The lowest BCUT2D eigenvalue weighted by Crippen LogP contribution is -2.35. The third-order valence-corrected chi connectivity index (χ3v) is 3.09. The van der Waals surface area contributed by atoms with Gasteiger partial charge in [-0.1, -0.05) is 6.58 Å². The van der Waals surface area contributed by atoms with Gasteiger partial charge in [-0.15, -0.1) is 0 Å². The number of nitro groups is 1. The Hall–Kier alpha value is -3.75. The third-order valence-electron chi connectivity index (χ3n) is 3.09. The Morgan fingerprint density at radius 1 is 1.00 bits per heavy atom. The molecule has 0 spiro atoms. The molecule has 124 valence electrons. The van der Waals surface area contributed by atoms with Crippen LogP contribution in [0.1, 0.15) is 15.9 Å². The predicted molar refractivity (Wildman–Crippen MR) is 84.2 cm³/mol. The molecule has 24 heavy (non-hydrogen) atoms. The highest BCUT2D eigenvalue weighted by Gasteiger charge is 2.13. The molecule has 5 N–H and O–H groups in total. The normalized spacial score (nSPS) is 10.0. The molecule has 9 heteroatoms. The van der Waals surface area contributed by atoms with Gasteiger partial charge in [0.1, 0.15) is 0 Å². The number of aromatic hydroxyl groups is 3. The van der Waals surface area contributed by atoms with Crippen molar-refractivity contribution in [2.24, 2.45) is 0 Å². The lowest BCUT2D eigenvalue weighted by atomic mass is 10.1. The van der Waals surface area contributed by atoms with Gasteiger partial charge < -0.3 is 15.3 Å². The number of carbonyl (C=O) groups excluding carboxylic acids is 1. The molecular weight excluding hydrogens is 318 g/mol. The average molecular weight is 331 g/mol. The molecule has 0 radical (unpaired) electrons. The van der Waals surface area contributed by atoms with Gasteiger partial charge in [0.2, 0.25) is 0 Å². The van der Waals surface area contributed by atoms with Gasteiger partial charge in [0.05, 0.1) is 10.6 Å². The third kappa shape index (κ3) is 3.53. The van der Waals surface area contributed by atoms with E-state index < -0.39 is 28.1 Å². The molecule has 0 fully saturated rings. The first-order valence-corrected chi connectivity index (χ1v) is 6.54. The summed E-state index contributed by atoms with van der Waals surface area (Å²) in [6, 6.07) is 7.44. The smallest absolute Gasteiger partial charge is 0.269 e. The Morgan fingerprint density at radius 3 is 2.04 bits per heavy atom. The summed E-state index contributed by atoms with van der Waals surface area (Å²) in [5.41, 5.74) is 5.39. The molecule has 2 aromatic carbocycles. The monoisotopic (exact) mass is 331 g/mol. The second kappa shape index (κ2) is 6.57. The van der Waals surface area contributed by atoms with Crippen molar-refractivity contribution in [3.63, 3.8) is 0 Å². The maximum atomic E-state index is 11.9. The number of nitrogens with one attached hydrogen (secondary N) is 2. The first-order chi connectivity index (χ1) is 11.3. The molecule has 0 aliphatic heterocycles. The second-order valence-electron chi connectivity index (χ2n) is 4.72. The number of hydrogen-bond donors (Lipinski definition) is 5. The number of phenols is 3. The van der Waals surface area contributed by atoms with E-state index >= 15 is 0 Å². The van der Waals surface area contributed by atoms with Crippen molar-refractivity contribution in [2.45, 2.75) is 0 Å². The molecule has 0 saturated heterocycles. The molecule has 0 aliphatic carbocycles. The number of hydrogen-bond acceptors (Lipinski definition) is 7. The fraction of sp³-hybridized carbons (Fsp3) is 0. The molecule has 9 nitrogen and oxygen atoms in total. The van der Waals surface area contributed by atoms with E-state index in [0.29, 0.717) is 5.56 Å². The van der Waals surface area contributed by atoms with Crippen LogP contribution in [0.2, 0.25) is 0 Å². The van der Waals surface area contributed by atoms with E-state index in [1.165, 1.54) is 24.3 Å². The Kier molecular flexibility index (Phi) is 4.55. The van der Waals surface area contributed by atoms with Crippen LogP contribution < -0.4 is 10.9 Å². The van der Waals surface area contributed by atoms with E-state index in [2.05, 4.69) is 17.4 Å². The van der Waals surface area contributed by atoms with Crippen LogP contribution >= 0.6 is 0 Å². The van der Waals surface area contributed by atoms with Crippen LogP contribution in [0.25, 0.3) is 5.70 Å². The Bertz CT molecular complexity index is 793. The van der Waals surface area contributed by atoms with Crippen molar-refractivity contribution in [2.75, 3.05) is 0 Å². The second-order valence-corrected chi connectivity index (χ2v) is 4.72. The summed E-state index contributed by atoms with van der Waals surface area (Å²) < 4.78 is 0. The highest BCUT2D eigenvalue weighted by molar-refractivity contribution is 5.95. The summed E-state index contributed by atoms with van der Waals surface area (Å²) in [7, 11) is 0. The minimum Gasteiger partial charge on any atom is -0.504 e. The van der Waals surface area contributed by atoms with Gasteiger partial charge >= 0.3 is 0 Å². The summed E-state index contributed by atoms with van der Waals surface area (Å²) in [5.74, 6) is -2.72. The van der Waals surface area contributed by atoms with Gasteiger partial charge in [-0.25, -0.2) is 0 Å². The van der Waals surface area contributed by atoms with Gasteiger partial charge in [0.25, 0.3) is 11.6 Å². The van der Waals surface area contributed by atoms with E-state index in [4.69, 9.17) is 0 Å². The largest absolute Gasteiger partial charge is 0.504 e. The first-order valence-electron chi connectivity index (χ1n) is 6.54. The van der Waals surface area contributed by atoms with E-state index in [-0.39, 0.29) is 16.9 Å². The van der Waals surface area contributed by atoms with E-state index in [1.54, 1.807) is 0 Å². The molecule has 1 amide bonds. The number of rotatable bonds is 5. The van der Waals surface area contributed by atoms with Crippen molar-refractivity contribution >= 4 is 17.3 Å². The number of carbonyl (C=O) groups is 1. The van der Waals surface area contributed by atoms with Gasteiger partial charge in [-0.05, 0) is 29.8 Å². The number of non-ortho nitro benzene ring substituents is 1. The summed E-state index contributed by atoms with van der Waals surface area (Å²) in [6.07, 6.45) is 0. The van der Waals surface area contributed by atoms with Crippen LogP contribution in [-0.2, 0) is 0 Å². The zero-order valence-corrected chi connectivity index (χ0v) is 12.2. The van der Waals surface area contributed by atoms with E-state index in [9.17, 15) is 30.2 Å². The summed E-state index contributed by atoms with van der Waals surface area (Å²) >= 11 is 0. The number of phenolic OH excluding ortho intramolecular Hbond substituents is 3. The highest BCUT2D eigenvalue weighted by atomic mass is 16.6. The van der Waals surface area contributed by atoms with Crippen LogP contribution in [0.15, 0.2) is 43.0 Å². The van der Waals surface area contributed by atoms with Crippen molar-refractivity contribution in [3.05, 3.63) is 64.2 Å². The fourth-order valence-electron chi connectivity index (χ4n) is 1.80. The molecule has 2 aromatic rings. The van der Waals surface area contributed by atoms with Gasteiger partial charge in [0.15, 0.2) is 17.2 Å². The molecule has 0 aromatic heterocycles. The quantitative estimate of drug-likeness (QED) is 0.318. The Labute approximate surface area is 135 Å². The number of hydrazine groups is 1. The van der Waals surface area contributed by atoms with Crippen LogP contribution in [0.5, 0.6) is 17.2 Å². The van der Waals surface area contributed by atoms with Crippen molar-refractivity contribution in [3.8, 4) is 17.2 Å². The molecule has 0 atom stereocenters. The number of nitro benzene ring substituents is 1. The highest BCUT2D eigenvalue weighted by Crippen LogP contribution is 2.35. The van der Waals surface area contributed by atoms with Crippen LogP contribution in [-0.4, -0.2) is 26.2 Å². The minimum absolute atomic E-state index is 0.0781. The lowest BCUT2D eigenvalue weighted by Gasteiger charge is -2.12. The number of benzene rings is 2. The predicted octanol–water partition coefficient (Wildman–Crippen LogP) is 1.62. The Balaban J connectivity index is 2.03. The maximum Gasteiger partial charge on any atom is 0.269 e. The van der Waals surface area contributed by atoms with Crippen molar-refractivity contribution in [1.82, 2.24) is 10.9 Å². The van der Waals surface area contributed by atoms with Gasteiger partial charge in [-0.2, -0.15) is 0 Å².